The summed E-state index contributed by atoms with van der Waals surface area (Å²) in [5, 5.41) is 8.58. The van der Waals surface area contributed by atoms with Crippen LogP contribution in [0, 0.1) is 5.82 Å². The number of benzene rings is 1. The van der Waals surface area contributed by atoms with Gasteiger partial charge in [-0.2, -0.15) is 13.2 Å². The highest BCUT2D eigenvalue weighted by Crippen LogP contribution is 2.20. The normalized spacial score (nSPS) is 12.2. The third kappa shape index (κ3) is 5.20. The second-order valence-electron chi connectivity index (χ2n) is 3.80. The molecule has 18 heavy (non-hydrogen) atoms. The molecule has 0 fully saturated rings. The van der Waals surface area contributed by atoms with Crippen molar-refractivity contribution in [1.29, 1.82) is 0 Å². The Morgan fingerprint density at radius 1 is 1.28 bits per heavy atom. The van der Waals surface area contributed by atoms with E-state index in [0.29, 0.717) is 5.56 Å². The van der Waals surface area contributed by atoms with Crippen molar-refractivity contribution in [2.75, 3.05) is 19.7 Å². The monoisotopic (exact) mass is 285 g/mol. The molecule has 0 bridgehead atoms. The number of alkyl halides is 3. The van der Waals surface area contributed by atoms with Gasteiger partial charge < -0.3 is 5.11 Å². The number of nitrogens with zero attached hydrogens (tertiary/aromatic N) is 1. The Bertz CT molecular complexity index is 397. The summed E-state index contributed by atoms with van der Waals surface area (Å²) in [5.41, 5.74) is 0.458. The number of halogens is 5. The molecule has 0 aliphatic carbocycles. The van der Waals surface area contributed by atoms with Crippen LogP contribution in [0.25, 0.3) is 0 Å². The Morgan fingerprint density at radius 3 is 2.44 bits per heavy atom. The molecule has 7 heteroatoms. The molecule has 0 heterocycles. The lowest BCUT2D eigenvalue weighted by atomic mass is 10.2. The van der Waals surface area contributed by atoms with Gasteiger partial charge in [0.15, 0.2) is 0 Å². The van der Waals surface area contributed by atoms with E-state index >= 15 is 0 Å². The molecule has 0 aliphatic rings. The lowest BCUT2D eigenvalue weighted by Gasteiger charge is -2.22. The van der Waals surface area contributed by atoms with Gasteiger partial charge in [-0.15, -0.1) is 0 Å². The molecule has 0 atom stereocenters. The maximum atomic E-state index is 12.9. The predicted octanol–water partition coefficient (Wildman–Crippen LogP) is 2.84. The van der Waals surface area contributed by atoms with E-state index in [0.717, 1.165) is 11.0 Å². The number of hydrogen-bond acceptors (Lipinski definition) is 2. The molecule has 1 aromatic rings. The topological polar surface area (TPSA) is 23.5 Å². The van der Waals surface area contributed by atoms with Gasteiger partial charge in [0.2, 0.25) is 0 Å². The molecule has 0 aromatic heterocycles. The van der Waals surface area contributed by atoms with E-state index < -0.39 is 18.5 Å². The standard InChI is InChI=1S/C11H12ClF4NO/c12-9-5-8(1-2-10(9)13)6-17(3-4-18)7-11(14,15)16/h1-2,5,18H,3-4,6-7H2. The van der Waals surface area contributed by atoms with Crippen LogP contribution in [0.5, 0.6) is 0 Å². The first-order valence-corrected chi connectivity index (χ1v) is 5.53. The van der Waals surface area contributed by atoms with E-state index in [1.165, 1.54) is 12.1 Å². The Hall–Kier alpha value is -0.850. The van der Waals surface area contributed by atoms with Crippen LogP contribution in [-0.4, -0.2) is 35.9 Å². The van der Waals surface area contributed by atoms with Crippen LogP contribution < -0.4 is 0 Å². The molecule has 0 aliphatic heterocycles. The van der Waals surface area contributed by atoms with Crippen molar-refractivity contribution in [2.24, 2.45) is 0 Å². The predicted molar refractivity (Wildman–Crippen MR) is 59.8 cm³/mol. The van der Waals surface area contributed by atoms with E-state index in [9.17, 15) is 17.6 Å². The molecular weight excluding hydrogens is 274 g/mol. The zero-order valence-electron chi connectivity index (χ0n) is 9.34. The van der Waals surface area contributed by atoms with Crippen molar-refractivity contribution in [1.82, 2.24) is 4.90 Å². The average Bonchev–Trinajstić information content (AvgIpc) is 2.21. The molecule has 102 valence electrons. The second-order valence-corrected chi connectivity index (χ2v) is 4.21. The molecule has 0 radical (unpaired) electrons. The first kappa shape index (κ1) is 15.2. The molecule has 0 unspecified atom stereocenters. The highest BCUT2D eigenvalue weighted by atomic mass is 35.5. The molecule has 0 amide bonds. The molecule has 0 saturated heterocycles. The van der Waals surface area contributed by atoms with E-state index in [4.69, 9.17) is 16.7 Å². The van der Waals surface area contributed by atoms with Crippen LogP contribution in [-0.2, 0) is 6.54 Å². The van der Waals surface area contributed by atoms with Crippen LogP contribution in [0.4, 0.5) is 17.6 Å². The fourth-order valence-corrected chi connectivity index (χ4v) is 1.71. The molecule has 1 rings (SSSR count). The SMILES string of the molecule is OCCN(Cc1ccc(F)c(Cl)c1)CC(F)(F)F. The van der Waals surface area contributed by atoms with Gasteiger partial charge in [0.25, 0.3) is 0 Å². The van der Waals surface area contributed by atoms with Crippen molar-refractivity contribution in [3.8, 4) is 0 Å². The summed E-state index contributed by atoms with van der Waals surface area (Å²) in [6, 6.07) is 3.74. The molecule has 1 N–H and O–H groups in total. The van der Waals surface area contributed by atoms with Gasteiger partial charge in [-0.3, -0.25) is 4.90 Å². The summed E-state index contributed by atoms with van der Waals surface area (Å²) < 4.78 is 49.7. The van der Waals surface area contributed by atoms with Crippen LogP contribution in [0.3, 0.4) is 0 Å². The zero-order valence-corrected chi connectivity index (χ0v) is 10.1. The third-order valence-corrected chi connectivity index (χ3v) is 2.50. The van der Waals surface area contributed by atoms with Crippen LogP contribution >= 0.6 is 11.6 Å². The Kier molecular flexibility index (Phi) is 5.37. The van der Waals surface area contributed by atoms with E-state index in [1.807, 2.05) is 0 Å². The maximum absolute atomic E-state index is 12.9. The minimum Gasteiger partial charge on any atom is -0.395 e. The largest absolute Gasteiger partial charge is 0.401 e. The van der Waals surface area contributed by atoms with Crippen molar-refractivity contribution < 1.29 is 22.7 Å². The van der Waals surface area contributed by atoms with Crippen LogP contribution in [0.2, 0.25) is 5.02 Å². The van der Waals surface area contributed by atoms with Gasteiger partial charge in [-0.25, -0.2) is 4.39 Å². The van der Waals surface area contributed by atoms with Gasteiger partial charge in [0, 0.05) is 13.1 Å². The highest BCUT2D eigenvalue weighted by molar-refractivity contribution is 6.30. The summed E-state index contributed by atoms with van der Waals surface area (Å²) in [7, 11) is 0. The van der Waals surface area contributed by atoms with E-state index in [-0.39, 0.29) is 24.7 Å². The fourth-order valence-electron chi connectivity index (χ4n) is 1.51. The molecule has 0 saturated carbocycles. The summed E-state index contributed by atoms with van der Waals surface area (Å²) in [4.78, 5) is 1.02. The first-order valence-electron chi connectivity index (χ1n) is 5.15. The van der Waals surface area contributed by atoms with Crippen molar-refractivity contribution in [3.05, 3.63) is 34.6 Å². The quantitative estimate of drug-likeness (QED) is 0.841. The fraction of sp³-hybridized carbons (Fsp3) is 0.455. The summed E-state index contributed by atoms with van der Waals surface area (Å²) in [6.07, 6.45) is -4.35. The van der Waals surface area contributed by atoms with Gasteiger partial charge in [0.1, 0.15) is 5.82 Å². The Balaban J connectivity index is 2.73. The lowest BCUT2D eigenvalue weighted by molar-refractivity contribution is -0.147. The van der Waals surface area contributed by atoms with Crippen LogP contribution in [0.1, 0.15) is 5.56 Å². The second kappa shape index (κ2) is 6.36. The number of rotatable bonds is 5. The summed E-state index contributed by atoms with van der Waals surface area (Å²) in [5.74, 6) is -0.620. The van der Waals surface area contributed by atoms with E-state index in [1.54, 1.807) is 0 Å². The number of hydrogen-bond donors (Lipinski definition) is 1. The van der Waals surface area contributed by atoms with Crippen molar-refractivity contribution in [2.45, 2.75) is 12.7 Å². The first-order chi connectivity index (χ1) is 8.31. The van der Waals surface area contributed by atoms with Gasteiger partial charge >= 0.3 is 6.18 Å². The smallest absolute Gasteiger partial charge is 0.395 e. The average molecular weight is 286 g/mol. The molecular formula is C11H12ClF4NO. The molecule has 0 spiro atoms. The third-order valence-electron chi connectivity index (χ3n) is 2.21. The number of aliphatic hydroxyl groups excluding tert-OH is 1. The summed E-state index contributed by atoms with van der Waals surface area (Å²) in [6.45, 7) is -1.69. The lowest BCUT2D eigenvalue weighted by Crippen LogP contribution is -2.35. The van der Waals surface area contributed by atoms with Crippen LogP contribution in [0.15, 0.2) is 18.2 Å². The summed E-state index contributed by atoms with van der Waals surface area (Å²) >= 11 is 5.54. The highest BCUT2D eigenvalue weighted by Gasteiger charge is 2.30. The van der Waals surface area contributed by atoms with Gasteiger partial charge in [-0.05, 0) is 17.7 Å². The Labute approximate surface area is 107 Å². The Morgan fingerprint density at radius 2 is 1.94 bits per heavy atom. The molecule has 2 nitrogen and oxygen atoms in total. The maximum Gasteiger partial charge on any atom is 0.401 e. The van der Waals surface area contributed by atoms with Gasteiger partial charge in [-0.1, -0.05) is 17.7 Å². The van der Waals surface area contributed by atoms with Gasteiger partial charge in [0.05, 0.1) is 18.2 Å². The van der Waals surface area contributed by atoms with Crippen molar-refractivity contribution in [3.63, 3.8) is 0 Å². The number of aliphatic hydroxyl groups is 1. The van der Waals surface area contributed by atoms with Crippen molar-refractivity contribution >= 4 is 11.6 Å². The van der Waals surface area contributed by atoms with E-state index in [2.05, 4.69) is 0 Å². The minimum absolute atomic E-state index is 0.0555. The zero-order chi connectivity index (χ0) is 13.8. The minimum atomic E-state index is -4.35. The molecule has 1 aromatic carbocycles.